The second-order valence-corrected chi connectivity index (χ2v) is 5.80. The summed E-state index contributed by atoms with van der Waals surface area (Å²) in [5.41, 5.74) is 1.34. The van der Waals surface area contributed by atoms with Crippen LogP contribution in [0.3, 0.4) is 0 Å². The Morgan fingerprint density at radius 1 is 1.30 bits per heavy atom. The molecule has 0 aliphatic carbocycles. The summed E-state index contributed by atoms with van der Waals surface area (Å²) in [6, 6.07) is 10.3. The van der Waals surface area contributed by atoms with Gasteiger partial charge in [-0.05, 0) is 50.9 Å². The quantitative estimate of drug-likeness (QED) is 0.863. The zero-order valence-electron chi connectivity index (χ0n) is 13.2. The third-order valence-corrected chi connectivity index (χ3v) is 4.68. The van der Waals surface area contributed by atoms with E-state index in [1.54, 1.807) is 7.11 Å². The number of likely N-dealkylation sites (tertiary alicyclic amines) is 1. The zero-order chi connectivity index (χ0) is 14.5. The van der Waals surface area contributed by atoms with Crippen LogP contribution in [-0.2, 0) is 0 Å². The van der Waals surface area contributed by atoms with Gasteiger partial charge in [-0.15, -0.1) is 0 Å². The van der Waals surface area contributed by atoms with E-state index in [0.717, 1.165) is 18.3 Å². The Morgan fingerprint density at radius 2 is 2.00 bits per heavy atom. The van der Waals surface area contributed by atoms with E-state index in [1.165, 1.54) is 24.8 Å². The van der Waals surface area contributed by atoms with E-state index in [9.17, 15) is 0 Å². The van der Waals surface area contributed by atoms with Gasteiger partial charge in [-0.2, -0.15) is 0 Å². The molecule has 1 fully saturated rings. The Hall–Kier alpha value is -1.06. The normalized spacial score (nSPS) is 24.8. The highest BCUT2D eigenvalue weighted by Crippen LogP contribution is 2.28. The highest BCUT2D eigenvalue weighted by molar-refractivity contribution is 5.29. The topological polar surface area (TPSA) is 24.5 Å². The van der Waals surface area contributed by atoms with Gasteiger partial charge in [0.25, 0.3) is 0 Å². The standard InChI is InChI=1S/C17H28N2O/c1-5-15-9-6-13(2)19(15)12-17(18-3)14-7-10-16(20-4)11-8-14/h7-8,10-11,13,15,17-18H,5-6,9,12H2,1-4H3. The smallest absolute Gasteiger partial charge is 0.118 e. The summed E-state index contributed by atoms with van der Waals surface area (Å²) in [6.45, 7) is 5.75. The van der Waals surface area contributed by atoms with Crippen LogP contribution in [0.15, 0.2) is 24.3 Å². The van der Waals surface area contributed by atoms with Crippen molar-refractivity contribution < 1.29 is 4.74 Å². The summed E-state index contributed by atoms with van der Waals surface area (Å²) in [5, 5.41) is 3.47. The third kappa shape index (κ3) is 3.33. The number of methoxy groups -OCH3 is 1. The summed E-state index contributed by atoms with van der Waals surface area (Å²) in [4.78, 5) is 2.67. The average molecular weight is 276 g/mol. The summed E-state index contributed by atoms with van der Waals surface area (Å²) in [6.07, 6.45) is 3.93. The maximum absolute atomic E-state index is 5.24. The summed E-state index contributed by atoms with van der Waals surface area (Å²) in [7, 11) is 3.76. The van der Waals surface area contributed by atoms with Gasteiger partial charge in [-0.25, -0.2) is 0 Å². The van der Waals surface area contributed by atoms with Crippen LogP contribution in [0.1, 0.15) is 44.7 Å². The molecule has 0 radical (unpaired) electrons. The second kappa shape index (κ2) is 7.09. The SMILES string of the molecule is CCC1CCC(C)N1CC(NC)c1ccc(OC)cc1. The predicted octanol–water partition coefficient (Wildman–Crippen LogP) is 3.22. The molecule has 0 amide bonds. The van der Waals surface area contributed by atoms with Gasteiger partial charge in [-0.3, -0.25) is 4.90 Å². The van der Waals surface area contributed by atoms with E-state index in [0.29, 0.717) is 12.1 Å². The summed E-state index contributed by atoms with van der Waals surface area (Å²) >= 11 is 0. The van der Waals surface area contributed by atoms with Crippen LogP contribution in [0, 0.1) is 0 Å². The van der Waals surface area contributed by atoms with Crippen LogP contribution in [0.5, 0.6) is 5.75 Å². The Morgan fingerprint density at radius 3 is 2.55 bits per heavy atom. The second-order valence-electron chi connectivity index (χ2n) is 5.80. The highest BCUT2D eigenvalue weighted by atomic mass is 16.5. The van der Waals surface area contributed by atoms with E-state index in [-0.39, 0.29) is 0 Å². The Labute approximate surface area is 123 Å². The van der Waals surface area contributed by atoms with Crippen LogP contribution in [0.2, 0.25) is 0 Å². The molecule has 1 saturated heterocycles. The maximum Gasteiger partial charge on any atom is 0.118 e. The van der Waals surface area contributed by atoms with Crippen LogP contribution < -0.4 is 10.1 Å². The monoisotopic (exact) mass is 276 g/mol. The predicted molar refractivity (Wildman–Crippen MR) is 84.3 cm³/mol. The molecule has 1 heterocycles. The molecule has 1 aliphatic rings. The number of rotatable bonds is 6. The van der Waals surface area contributed by atoms with Gasteiger partial charge >= 0.3 is 0 Å². The van der Waals surface area contributed by atoms with Crippen molar-refractivity contribution in [2.45, 2.75) is 51.2 Å². The van der Waals surface area contributed by atoms with Gasteiger partial charge in [-0.1, -0.05) is 19.1 Å². The van der Waals surface area contributed by atoms with Crippen molar-refractivity contribution in [2.24, 2.45) is 0 Å². The molecule has 1 aliphatic heterocycles. The lowest BCUT2D eigenvalue weighted by Gasteiger charge is -2.32. The number of nitrogens with one attached hydrogen (secondary N) is 1. The van der Waals surface area contributed by atoms with Crippen molar-refractivity contribution in [3.05, 3.63) is 29.8 Å². The van der Waals surface area contributed by atoms with Gasteiger partial charge < -0.3 is 10.1 Å². The average Bonchev–Trinajstić information content (AvgIpc) is 2.85. The molecule has 20 heavy (non-hydrogen) atoms. The van der Waals surface area contributed by atoms with Crippen molar-refractivity contribution in [1.29, 1.82) is 0 Å². The van der Waals surface area contributed by atoms with E-state index < -0.39 is 0 Å². The molecule has 3 unspecified atom stereocenters. The zero-order valence-corrected chi connectivity index (χ0v) is 13.2. The van der Waals surface area contributed by atoms with E-state index in [2.05, 4.69) is 43.2 Å². The molecule has 0 saturated carbocycles. The van der Waals surface area contributed by atoms with E-state index in [1.807, 2.05) is 12.1 Å². The maximum atomic E-state index is 5.24. The fourth-order valence-electron chi connectivity index (χ4n) is 3.30. The van der Waals surface area contributed by atoms with Crippen molar-refractivity contribution in [1.82, 2.24) is 10.2 Å². The number of hydrogen-bond donors (Lipinski definition) is 1. The molecule has 1 aromatic rings. The van der Waals surface area contributed by atoms with E-state index >= 15 is 0 Å². The first-order valence-electron chi connectivity index (χ1n) is 7.76. The van der Waals surface area contributed by atoms with E-state index in [4.69, 9.17) is 4.74 Å². The molecule has 3 nitrogen and oxygen atoms in total. The number of benzene rings is 1. The van der Waals surface area contributed by atoms with Crippen molar-refractivity contribution >= 4 is 0 Å². The lowest BCUT2D eigenvalue weighted by atomic mass is 10.1. The first-order chi connectivity index (χ1) is 9.69. The van der Waals surface area contributed by atoms with Crippen LogP contribution in [-0.4, -0.2) is 37.7 Å². The van der Waals surface area contributed by atoms with Gasteiger partial charge in [0.05, 0.1) is 7.11 Å². The molecule has 1 N–H and O–H groups in total. The first-order valence-corrected chi connectivity index (χ1v) is 7.76. The van der Waals surface area contributed by atoms with Crippen LogP contribution in [0.25, 0.3) is 0 Å². The lowest BCUT2D eigenvalue weighted by molar-refractivity contribution is 0.179. The Bertz CT molecular complexity index is 404. The number of likely N-dealkylation sites (N-methyl/N-ethyl adjacent to an activating group) is 1. The van der Waals surface area contributed by atoms with Crippen molar-refractivity contribution in [3.63, 3.8) is 0 Å². The highest BCUT2D eigenvalue weighted by Gasteiger charge is 2.30. The largest absolute Gasteiger partial charge is 0.497 e. The van der Waals surface area contributed by atoms with Crippen LogP contribution in [0.4, 0.5) is 0 Å². The molecule has 0 spiro atoms. The van der Waals surface area contributed by atoms with Crippen LogP contribution >= 0.6 is 0 Å². The number of hydrogen-bond acceptors (Lipinski definition) is 3. The number of ether oxygens (including phenoxy) is 1. The lowest BCUT2D eigenvalue weighted by Crippen LogP contribution is -2.40. The molecule has 0 bridgehead atoms. The minimum atomic E-state index is 0.385. The van der Waals surface area contributed by atoms with Gasteiger partial charge in [0.1, 0.15) is 5.75 Å². The summed E-state index contributed by atoms with van der Waals surface area (Å²) < 4.78 is 5.24. The minimum absolute atomic E-state index is 0.385. The molecule has 3 heteroatoms. The Balaban J connectivity index is 2.07. The number of nitrogens with zero attached hydrogens (tertiary/aromatic N) is 1. The minimum Gasteiger partial charge on any atom is -0.497 e. The van der Waals surface area contributed by atoms with Gasteiger partial charge in [0, 0.05) is 24.7 Å². The van der Waals surface area contributed by atoms with Gasteiger partial charge in [0.2, 0.25) is 0 Å². The molecule has 1 aromatic carbocycles. The van der Waals surface area contributed by atoms with Crippen molar-refractivity contribution in [3.8, 4) is 5.75 Å². The first kappa shape index (κ1) is 15.3. The fourth-order valence-corrected chi connectivity index (χ4v) is 3.30. The summed E-state index contributed by atoms with van der Waals surface area (Å²) in [5.74, 6) is 0.921. The molecular weight excluding hydrogens is 248 g/mol. The van der Waals surface area contributed by atoms with Crippen molar-refractivity contribution in [2.75, 3.05) is 20.7 Å². The molecule has 112 valence electrons. The third-order valence-electron chi connectivity index (χ3n) is 4.68. The molecule has 2 rings (SSSR count). The Kier molecular flexibility index (Phi) is 5.44. The van der Waals surface area contributed by atoms with Gasteiger partial charge in [0.15, 0.2) is 0 Å². The molecule has 3 atom stereocenters. The molecular formula is C17H28N2O. The molecule has 0 aromatic heterocycles. The fraction of sp³-hybridized carbons (Fsp3) is 0.647.